The van der Waals surface area contributed by atoms with Crippen molar-refractivity contribution in [3.8, 4) is 5.75 Å². The first-order valence-electron chi connectivity index (χ1n) is 8.29. The third-order valence-electron chi connectivity index (χ3n) is 3.19. The highest BCUT2D eigenvalue weighted by Gasteiger charge is 2.17. The number of carbonyl (C=O) groups excluding carboxylic acids is 1. The number of ether oxygens (including phenoxy) is 1. The Morgan fingerprint density at radius 3 is 2.64 bits per heavy atom. The van der Waals surface area contributed by atoms with E-state index in [0.29, 0.717) is 6.61 Å². The monoisotopic (exact) mass is 397 g/mol. The topological polar surface area (TPSA) is 64.1 Å². The van der Waals surface area contributed by atoms with E-state index in [4.69, 9.17) is 4.74 Å². The Labute approximate surface area is 161 Å². The van der Waals surface area contributed by atoms with E-state index in [-0.39, 0.29) is 11.2 Å². The van der Waals surface area contributed by atoms with Gasteiger partial charge in [-0.3, -0.25) is 4.79 Å². The smallest absolute Gasteiger partial charge is 0.237 e. The molecule has 136 valence electrons. The van der Waals surface area contributed by atoms with Gasteiger partial charge in [-0.1, -0.05) is 48.2 Å². The summed E-state index contributed by atoms with van der Waals surface area (Å²) in [5.74, 6) is 1.80. The van der Waals surface area contributed by atoms with Crippen LogP contribution in [0, 0.1) is 0 Å². The van der Waals surface area contributed by atoms with Gasteiger partial charge < -0.3 is 10.1 Å². The predicted octanol–water partition coefficient (Wildman–Crippen LogP) is 4.95. The van der Waals surface area contributed by atoms with Crippen molar-refractivity contribution in [3.63, 3.8) is 0 Å². The molecule has 1 atom stereocenters. The number of benzene rings is 1. The lowest BCUT2D eigenvalue weighted by Gasteiger charge is -2.11. The van der Waals surface area contributed by atoms with E-state index >= 15 is 0 Å². The molecule has 25 heavy (non-hydrogen) atoms. The average molecular weight is 398 g/mol. The molecule has 0 fully saturated rings. The van der Waals surface area contributed by atoms with E-state index in [1.54, 1.807) is 23.1 Å². The summed E-state index contributed by atoms with van der Waals surface area (Å²) in [6, 6.07) is 7.38. The SMILES string of the molecule is CCCCSc1nnc(SC(C)C(=O)Nc2ccc(OCC)cc2)s1. The molecule has 0 bridgehead atoms. The Morgan fingerprint density at radius 1 is 1.24 bits per heavy atom. The van der Waals surface area contributed by atoms with Gasteiger partial charge >= 0.3 is 0 Å². The van der Waals surface area contributed by atoms with Crippen molar-refractivity contribution >= 4 is 46.5 Å². The molecule has 1 amide bonds. The number of nitrogens with one attached hydrogen (secondary N) is 1. The van der Waals surface area contributed by atoms with E-state index in [1.807, 2.05) is 38.1 Å². The Bertz CT molecular complexity index is 661. The van der Waals surface area contributed by atoms with Crippen molar-refractivity contribution in [2.24, 2.45) is 0 Å². The van der Waals surface area contributed by atoms with E-state index in [9.17, 15) is 4.79 Å². The van der Waals surface area contributed by atoms with Gasteiger partial charge in [0.25, 0.3) is 0 Å². The van der Waals surface area contributed by atoms with Crippen LogP contribution in [0.5, 0.6) is 5.75 Å². The second kappa shape index (κ2) is 10.7. The van der Waals surface area contributed by atoms with Gasteiger partial charge in [0.05, 0.1) is 11.9 Å². The second-order valence-electron chi connectivity index (χ2n) is 5.24. The van der Waals surface area contributed by atoms with Crippen molar-refractivity contribution in [3.05, 3.63) is 24.3 Å². The van der Waals surface area contributed by atoms with Crippen molar-refractivity contribution in [1.29, 1.82) is 0 Å². The van der Waals surface area contributed by atoms with E-state index < -0.39 is 0 Å². The third kappa shape index (κ3) is 6.87. The third-order valence-corrected chi connectivity index (χ3v) is 6.52. The molecular weight excluding hydrogens is 374 g/mol. The minimum absolute atomic E-state index is 0.0513. The molecule has 1 heterocycles. The molecule has 0 spiro atoms. The summed E-state index contributed by atoms with van der Waals surface area (Å²) in [5, 5.41) is 11.0. The minimum atomic E-state index is -0.243. The standard InChI is InChI=1S/C17H23N3O2S3/c1-4-6-11-23-16-19-20-17(25-16)24-12(3)15(21)18-13-7-9-14(10-8-13)22-5-2/h7-10,12H,4-6,11H2,1-3H3,(H,18,21). The minimum Gasteiger partial charge on any atom is -0.494 e. The molecule has 1 unspecified atom stereocenters. The van der Waals surface area contributed by atoms with Crippen LogP contribution in [0.2, 0.25) is 0 Å². The highest BCUT2D eigenvalue weighted by Crippen LogP contribution is 2.32. The number of thioether (sulfide) groups is 2. The summed E-state index contributed by atoms with van der Waals surface area (Å²) in [4.78, 5) is 12.3. The summed E-state index contributed by atoms with van der Waals surface area (Å²) >= 11 is 4.72. The van der Waals surface area contributed by atoms with Crippen LogP contribution >= 0.6 is 34.9 Å². The molecule has 1 N–H and O–H groups in total. The van der Waals surface area contributed by atoms with Crippen molar-refractivity contribution in [1.82, 2.24) is 10.2 Å². The fraction of sp³-hybridized carbons (Fsp3) is 0.471. The second-order valence-corrected chi connectivity index (χ2v) is 9.15. The zero-order chi connectivity index (χ0) is 18.1. The number of nitrogens with zero attached hydrogens (tertiary/aromatic N) is 2. The Balaban J connectivity index is 1.83. The molecule has 0 radical (unpaired) electrons. The molecule has 1 aromatic carbocycles. The van der Waals surface area contributed by atoms with Crippen molar-refractivity contribution in [2.75, 3.05) is 17.7 Å². The van der Waals surface area contributed by atoms with Gasteiger partial charge in [-0.2, -0.15) is 0 Å². The normalized spacial score (nSPS) is 12.0. The Morgan fingerprint density at radius 2 is 1.96 bits per heavy atom. The molecule has 0 saturated heterocycles. The Hall–Kier alpha value is -1.25. The van der Waals surface area contributed by atoms with E-state index in [1.165, 1.54) is 24.6 Å². The van der Waals surface area contributed by atoms with Crippen LogP contribution in [-0.2, 0) is 4.79 Å². The first kappa shape index (κ1) is 20.1. The molecular formula is C17H23N3O2S3. The lowest BCUT2D eigenvalue weighted by Crippen LogP contribution is -2.22. The van der Waals surface area contributed by atoms with Crippen LogP contribution in [-0.4, -0.2) is 33.7 Å². The van der Waals surface area contributed by atoms with Gasteiger partial charge in [-0.25, -0.2) is 0 Å². The van der Waals surface area contributed by atoms with Gasteiger partial charge in [0.2, 0.25) is 5.91 Å². The molecule has 8 heteroatoms. The molecule has 2 rings (SSSR count). The van der Waals surface area contributed by atoms with Crippen LogP contribution in [0.1, 0.15) is 33.6 Å². The van der Waals surface area contributed by atoms with E-state index in [0.717, 1.165) is 25.9 Å². The van der Waals surface area contributed by atoms with Crippen LogP contribution in [0.3, 0.4) is 0 Å². The number of hydrogen-bond acceptors (Lipinski definition) is 7. The number of hydrogen-bond donors (Lipinski definition) is 1. The number of carbonyl (C=O) groups is 1. The van der Waals surface area contributed by atoms with Crippen molar-refractivity contribution < 1.29 is 9.53 Å². The number of amides is 1. The van der Waals surface area contributed by atoms with Crippen LogP contribution in [0.15, 0.2) is 32.9 Å². The summed E-state index contributed by atoms with van der Waals surface area (Å²) in [5.41, 5.74) is 0.758. The van der Waals surface area contributed by atoms with Crippen molar-refractivity contribution in [2.45, 2.75) is 47.5 Å². The molecule has 0 saturated carbocycles. The van der Waals surface area contributed by atoms with Gasteiger partial charge in [0.15, 0.2) is 8.68 Å². The summed E-state index contributed by atoms with van der Waals surface area (Å²) in [7, 11) is 0. The highest BCUT2D eigenvalue weighted by molar-refractivity contribution is 8.03. The molecule has 0 aliphatic rings. The average Bonchev–Trinajstić information content (AvgIpc) is 3.04. The zero-order valence-corrected chi connectivity index (χ0v) is 17.1. The van der Waals surface area contributed by atoms with Gasteiger partial charge in [-0.05, 0) is 44.5 Å². The summed E-state index contributed by atoms with van der Waals surface area (Å²) in [6.07, 6.45) is 2.35. The van der Waals surface area contributed by atoms with Crippen LogP contribution in [0.25, 0.3) is 0 Å². The first-order chi connectivity index (χ1) is 12.1. The number of aromatic nitrogens is 2. The number of rotatable bonds is 10. The molecule has 0 aliphatic carbocycles. The maximum atomic E-state index is 12.3. The Kier molecular flexibility index (Phi) is 8.57. The van der Waals surface area contributed by atoms with Crippen LogP contribution in [0.4, 0.5) is 5.69 Å². The molecule has 0 aliphatic heterocycles. The summed E-state index contributed by atoms with van der Waals surface area (Å²) < 4.78 is 7.19. The van der Waals surface area contributed by atoms with Gasteiger partial charge in [0, 0.05) is 11.4 Å². The van der Waals surface area contributed by atoms with Crippen LogP contribution < -0.4 is 10.1 Å². The predicted molar refractivity (Wildman–Crippen MR) is 107 cm³/mol. The molecule has 1 aromatic heterocycles. The lowest BCUT2D eigenvalue weighted by molar-refractivity contribution is -0.115. The maximum absolute atomic E-state index is 12.3. The lowest BCUT2D eigenvalue weighted by atomic mass is 10.3. The largest absolute Gasteiger partial charge is 0.494 e. The maximum Gasteiger partial charge on any atom is 0.237 e. The van der Waals surface area contributed by atoms with Gasteiger partial charge in [-0.15, -0.1) is 10.2 Å². The fourth-order valence-corrected chi connectivity index (χ4v) is 5.18. The highest BCUT2D eigenvalue weighted by atomic mass is 32.2. The quantitative estimate of drug-likeness (QED) is 0.452. The zero-order valence-electron chi connectivity index (χ0n) is 14.7. The fourth-order valence-electron chi connectivity index (χ4n) is 1.86. The van der Waals surface area contributed by atoms with E-state index in [2.05, 4.69) is 22.4 Å². The summed E-state index contributed by atoms with van der Waals surface area (Å²) in [6.45, 7) is 6.61. The number of anilines is 1. The molecule has 2 aromatic rings. The number of unbranched alkanes of at least 4 members (excludes halogenated alkanes) is 1. The first-order valence-corrected chi connectivity index (χ1v) is 11.0. The van der Waals surface area contributed by atoms with Gasteiger partial charge in [0.1, 0.15) is 5.75 Å². The molecule has 5 nitrogen and oxygen atoms in total.